The van der Waals surface area contributed by atoms with E-state index >= 15 is 0 Å². The third kappa shape index (κ3) is 2.76. The summed E-state index contributed by atoms with van der Waals surface area (Å²) in [7, 11) is -2.13. The van der Waals surface area contributed by atoms with Crippen molar-refractivity contribution >= 4 is 15.8 Å². The molecule has 0 atom stereocenters. The lowest BCUT2D eigenvalue weighted by Gasteiger charge is -2.11. The summed E-state index contributed by atoms with van der Waals surface area (Å²) in [6, 6.07) is 2.61. The zero-order valence-corrected chi connectivity index (χ0v) is 10.7. The largest absolute Gasteiger partial charge is 0.495 e. The lowest BCUT2D eigenvalue weighted by Crippen LogP contribution is -2.07. The highest BCUT2D eigenvalue weighted by Crippen LogP contribution is 2.28. The maximum absolute atomic E-state index is 11.5. The Balaban J connectivity index is 3.61. The second-order valence-electron chi connectivity index (χ2n) is 3.59. The molecule has 0 fully saturated rings. The lowest BCUT2D eigenvalue weighted by molar-refractivity contribution is 0.0695. The molecular formula is C11H14O5S. The Morgan fingerprint density at radius 1 is 1.41 bits per heavy atom. The van der Waals surface area contributed by atoms with Crippen molar-refractivity contribution in [2.45, 2.75) is 18.2 Å². The second-order valence-corrected chi connectivity index (χ2v) is 5.58. The van der Waals surface area contributed by atoms with Gasteiger partial charge in [-0.15, -0.1) is 0 Å². The molecule has 0 saturated heterocycles. The second kappa shape index (κ2) is 4.75. The lowest BCUT2D eigenvalue weighted by atomic mass is 10.1. The fourth-order valence-electron chi connectivity index (χ4n) is 1.54. The third-order valence-electron chi connectivity index (χ3n) is 2.40. The summed E-state index contributed by atoms with van der Waals surface area (Å²) in [4.78, 5) is 11.0. The van der Waals surface area contributed by atoms with Crippen molar-refractivity contribution in [2.75, 3.05) is 13.4 Å². The predicted molar refractivity (Wildman–Crippen MR) is 62.4 cm³/mol. The standard InChI is InChI=1S/C11H14O5S/c1-4-7-5-10(17(3,14)15)9(16-2)6-8(7)11(12)13/h5-6H,4H2,1-3H3,(H,12,13). The molecule has 1 rings (SSSR count). The monoisotopic (exact) mass is 258 g/mol. The third-order valence-corrected chi connectivity index (χ3v) is 3.52. The number of sulfone groups is 1. The van der Waals surface area contributed by atoms with Crippen LogP contribution in [0, 0.1) is 0 Å². The van der Waals surface area contributed by atoms with Gasteiger partial charge >= 0.3 is 5.97 Å². The normalized spacial score (nSPS) is 11.2. The van der Waals surface area contributed by atoms with E-state index in [4.69, 9.17) is 9.84 Å². The van der Waals surface area contributed by atoms with Crippen molar-refractivity contribution in [3.63, 3.8) is 0 Å². The molecule has 0 aromatic heterocycles. The minimum Gasteiger partial charge on any atom is -0.495 e. The van der Waals surface area contributed by atoms with Crippen LogP contribution in [0.15, 0.2) is 17.0 Å². The first-order chi connectivity index (χ1) is 7.81. The Kier molecular flexibility index (Phi) is 3.77. The number of aromatic carboxylic acids is 1. The summed E-state index contributed by atoms with van der Waals surface area (Å²) < 4.78 is 28.0. The number of carboxylic acid groups (broad SMARTS) is 1. The maximum atomic E-state index is 11.5. The molecule has 0 aliphatic carbocycles. The van der Waals surface area contributed by atoms with Gasteiger partial charge in [-0.1, -0.05) is 6.92 Å². The highest BCUT2D eigenvalue weighted by Gasteiger charge is 2.20. The van der Waals surface area contributed by atoms with E-state index in [2.05, 4.69) is 0 Å². The minimum absolute atomic E-state index is 0.0156. The van der Waals surface area contributed by atoms with Crippen LogP contribution in [0.5, 0.6) is 5.75 Å². The zero-order chi connectivity index (χ0) is 13.2. The molecule has 1 aromatic carbocycles. The van der Waals surface area contributed by atoms with Gasteiger partial charge in [-0.2, -0.15) is 0 Å². The number of hydrogen-bond acceptors (Lipinski definition) is 4. The van der Waals surface area contributed by atoms with E-state index in [1.54, 1.807) is 6.92 Å². The van der Waals surface area contributed by atoms with Crippen LogP contribution in [-0.2, 0) is 16.3 Å². The SMILES string of the molecule is CCc1cc(S(C)(=O)=O)c(OC)cc1C(=O)O. The van der Waals surface area contributed by atoms with Crippen molar-refractivity contribution < 1.29 is 23.1 Å². The molecule has 0 radical (unpaired) electrons. The summed E-state index contributed by atoms with van der Waals surface area (Å²) in [5.74, 6) is -1.04. The Hall–Kier alpha value is -1.56. The number of carbonyl (C=O) groups is 1. The topological polar surface area (TPSA) is 80.7 Å². The van der Waals surface area contributed by atoms with Crippen LogP contribution >= 0.6 is 0 Å². The Labute approximate surface area is 100.0 Å². The van der Waals surface area contributed by atoms with Crippen LogP contribution in [0.4, 0.5) is 0 Å². The van der Waals surface area contributed by atoms with Gasteiger partial charge in [0.2, 0.25) is 0 Å². The summed E-state index contributed by atoms with van der Waals surface area (Å²) in [5.41, 5.74) is 0.537. The molecule has 0 saturated carbocycles. The number of benzene rings is 1. The summed E-state index contributed by atoms with van der Waals surface area (Å²) in [5, 5.41) is 9.01. The molecular weight excluding hydrogens is 244 g/mol. The van der Waals surface area contributed by atoms with E-state index in [9.17, 15) is 13.2 Å². The quantitative estimate of drug-likeness (QED) is 0.881. The van der Waals surface area contributed by atoms with E-state index < -0.39 is 15.8 Å². The minimum atomic E-state index is -3.44. The van der Waals surface area contributed by atoms with E-state index in [-0.39, 0.29) is 16.2 Å². The molecule has 0 spiro atoms. The van der Waals surface area contributed by atoms with Gasteiger partial charge in [0.25, 0.3) is 0 Å². The van der Waals surface area contributed by atoms with Gasteiger partial charge in [0.05, 0.1) is 12.7 Å². The molecule has 0 bridgehead atoms. The highest BCUT2D eigenvalue weighted by molar-refractivity contribution is 7.90. The van der Waals surface area contributed by atoms with Gasteiger partial charge < -0.3 is 9.84 Å². The van der Waals surface area contributed by atoms with Gasteiger partial charge in [-0.3, -0.25) is 0 Å². The fraction of sp³-hybridized carbons (Fsp3) is 0.364. The first kappa shape index (κ1) is 13.5. The fourth-order valence-corrected chi connectivity index (χ4v) is 2.41. The molecule has 0 unspecified atom stereocenters. The van der Waals surface area contributed by atoms with Gasteiger partial charge in [0.15, 0.2) is 9.84 Å². The van der Waals surface area contributed by atoms with E-state index in [0.717, 1.165) is 6.26 Å². The Morgan fingerprint density at radius 2 is 2.00 bits per heavy atom. The average Bonchev–Trinajstić information content (AvgIpc) is 2.25. The molecule has 0 aliphatic heterocycles. The number of methoxy groups -OCH3 is 1. The van der Waals surface area contributed by atoms with Crippen LogP contribution in [0.2, 0.25) is 0 Å². The molecule has 1 N–H and O–H groups in total. The van der Waals surface area contributed by atoms with Gasteiger partial charge in [0.1, 0.15) is 10.6 Å². The van der Waals surface area contributed by atoms with Crippen molar-refractivity contribution in [1.29, 1.82) is 0 Å². The first-order valence-electron chi connectivity index (χ1n) is 4.95. The maximum Gasteiger partial charge on any atom is 0.336 e. The molecule has 6 heteroatoms. The van der Waals surface area contributed by atoms with Crippen LogP contribution in [0.25, 0.3) is 0 Å². The summed E-state index contributed by atoms with van der Waals surface area (Å²) in [6.07, 6.45) is 1.50. The van der Waals surface area contributed by atoms with Crippen LogP contribution in [-0.4, -0.2) is 32.9 Å². The predicted octanol–water partition coefficient (Wildman–Crippen LogP) is 1.36. The molecule has 0 amide bonds. The summed E-state index contributed by atoms with van der Waals surface area (Å²) >= 11 is 0. The number of aryl methyl sites for hydroxylation is 1. The van der Waals surface area contributed by atoms with Crippen molar-refractivity contribution in [1.82, 2.24) is 0 Å². The summed E-state index contributed by atoms with van der Waals surface area (Å²) in [6.45, 7) is 1.76. The van der Waals surface area contributed by atoms with Gasteiger partial charge in [-0.25, -0.2) is 13.2 Å². The average molecular weight is 258 g/mol. The zero-order valence-electron chi connectivity index (χ0n) is 9.85. The molecule has 0 heterocycles. The molecule has 0 aliphatic rings. The number of rotatable bonds is 4. The molecule has 5 nitrogen and oxygen atoms in total. The molecule has 17 heavy (non-hydrogen) atoms. The highest BCUT2D eigenvalue weighted by atomic mass is 32.2. The van der Waals surface area contributed by atoms with Gasteiger partial charge in [-0.05, 0) is 24.1 Å². The van der Waals surface area contributed by atoms with Crippen molar-refractivity contribution in [2.24, 2.45) is 0 Å². The Bertz CT molecular complexity index is 545. The number of ether oxygens (including phenoxy) is 1. The van der Waals surface area contributed by atoms with E-state index in [1.165, 1.54) is 19.2 Å². The van der Waals surface area contributed by atoms with Crippen molar-refractivity contribution in [3.8, 4) is 5.75 Å². The number of hydrogen-bond donors (Lipinski definition) is 1. The molecule has 94 valence electrons. The van der Waals surface area contributed by atoms with Crippen molar-refractivity contribution in [3.05, 3.63) is 23.3 Å². The van der Waals surface area contributed by atoms with E-state index in [0.29, 0.717) is 12.0 Å². The van der Waals surface area contributed by atoms with Gasteiger partial charge in [0, 0.05) is 6.26 Å². The number of carboxylic acids is 1. The van der Waals surface area contributed by atoms with E-state index in [1.807, 2.05) is 0 Å². The first-order valence-corrected chi connectivity index (χ1v) is 6.84. The smallest absolute Gasteiger partial charge is 0.336 e. The van der Waals surface area contributed by atoms with Crippen LogP contribution in [0.3, 0.4) is 0 Å². The van der Waals surface area contributed by atoms with Crippen LogP contribution < -0.4 is 4.74 Å². The molecule has 1 aromatic rings. The van der Waals surface area contributed by atoms with Crippen LogP contribution in [0.1, 0.15) is 22.8 Å². The Morgan fingerprint density at radius 3 is 2.35 bits per heavy atom.